The number of ether oxygens (including phenoxy) is 1. The van der Waals surface area contributed by atoms with Gasteiger partial charge in [0, 0.05) is 21.1 Å². The third-order valence-electron chi connectivity index (χ3n) is 2.34. The van der Waals surface area contributed by atoms with Gasteiger partial charge in [-0.05, 0) is 50.4 Å². The Bertz CT molecular complexity index is 581. The highest BCUT2D eigenvalue weighted by atomic mass is 79.9. The first-order valence-corrected chi connectivity index (χ1v) is 8.81. The number of halogens is 2. The van der Waals surface area contributed by atoms with Crippen LogP contribution in [-0.2, 0) is 19.6 Å². The van der Waals surface area contributed by atoms with Crippen molar-refractivity contribution >= 4 is 59.2 Å². The molecule has 0 heterocycles. The van der Waals surface area contributed by atoms with Gasteiger partial charge in [-0.3, -0.25) is 9.52 Å². The number of sulfonamides is 1. The molecular formula is C11H14Br2N2O4S. The molecule has 0 bridgehead atoms. The molecule has 0 aliphatic rings. The van der Waals surface area contributed by atoms with Crippen LogP contribution in [0.15, 0.2) is 21.1 Å². The van der Waals surface area contributed by atoms with Gasteiger partial charge in [-0.1, -0.05) is 0 Å². The van der Waals surface area contributed by atoms with E-state index in [4.69, 9.17) is 5.73 Å². The lowest BCUT2D eigenvalue weighted by atomic mass is 10.3. The van der Waals surface area contributed by atoms with Gasteiger partial charge in [-0.25, -0.2) is 8.42 Å². The number of nitrogen functional groups attached to an aromatic ring is 1. The van der Waals surface area contributed by atoms with E-state index in [1.165, 1.54) is 7.11 Å². The Hall–Kier alpha value is -0.800. The van der Waals surface area contributed by atoms with E-state index in [1.807, 2.05) is 0 Å². The molecule has 0 amide bonds. The molecule has 0 fully saturated rings. The van der Waals surface area contributed by atoms with Gasteiger partial charge in [-0.2, -0.15) is 0 Å². The molecule has 0 atom stereocenters. The van der Waals surface area contributed by atoms with E-state index in [2.05, 4.69) is 41.3 Å². The Kier molecular flexibility index (Phi) is 6.28. The van der Waals surface area contributed by atoms with Crippen molar-refractivity contribution in [3.05, 3.63) is 21.1 Å². The number of hydrogen-bond donors (Lipinski definition) is 2. The second-order valence-corrected chi connectivity index (χ2v) is 7.51. The van der Waals surface area contributed by atoms with E-state index < -0.39 is 16.0 Å². The van der Waals surface area contributed by atoms with Gasteiger partial charge >= 0.3 is 5.97 Å². The Morgan fingerprint density at radius 3 is 2.40 bits per heavy atom. The average molecular weight is 430 g/mol. The van der Waals surface area contributed by atoms with Gasteiger partial charge in [0.05, 0.1) is 18.6 Å². The van der Waals surface area contributed by atoms with E-state index in [-0.39, 0.29) is 18.6 Å². The number of rotatable bonds is 6. The first-order chi connectivity index (χ1) is 9.25. The Morgan fingerprint density at radius 2 is 1.90 bits per heavy atom. The lowest BCUT2D eigenvalue weighted by molar-refractivity contribution is -0.140. The number of nitrogens with two attached hydrogens (primary N) is 1. The molecule has 1 aromatic carbocycles. The number of benzene rings is 1. The van der Waals surface area contributed by atoms with Gasteiger partial charge in [0.25, 0.3) is 0 Å². The normalized spacial score (nSPS) is 11.2. The lowest BCUT2D eigenvalue weighted by Gasteiger charge is -2.12. The zero-order valence-electron chi connectivity index (χ0n) is 10.7. The summed E-state index contributed by atoms with van der Waals surface area (Å²) in [5.74, 6) is -0.610. The predicted octanol–water partition coefficient (Wildman–Crippen LogP) is 2.49. The van der Waals surface area contributed by atoms with E-state index in [0.29, 0.717) is 20.3 Å². The van der Waals surface area contributed by atoms with Crippen LogP contribution in [-0.4, -0.2) is 27.2 Å². The SMILES string of the molecule is COC(=O)CCCS(=O)(=O)Nc1c(Br)cc(N)cc1Br. The van der Waals surface area contributed by atoms with Gasteiger partial charge in [-0.15, -0.1) is 0 Å². The van der Waals surface area contributed by atoms with Crippen LogP contribution in [0.5, 0.6) is 0 Å². The Labute approximate surface area is 134 Å². The number of carbonyl (C=O) groups is 1. The minimum absolute atomic E-state index is 0.0570. The van der Waals surface area contributed by atoms with E-state index >= 15 is 0 Å². The summed E-state index contributed by atoms with van der Waals surface area (Å²) in [5, 5.41) is 0. The molecule has 9 heteroatoms. The van der Waals surface area contributed by atoms with Crippen molar-refractivity contribution in [1.82, 2.24) is 0 Å². The van der Waals surface area contributed by atoms with Crippen molar-refractivity contribution in [2.75, 3.05) is 23.3 Å². The number of anilines is 2. The molecule has 0 aromatic heterocycles. The molecule has 1 rings (SSSR count). The quantitative estimate of drug-likeness (QED) is 0.534. The molecule has 6 nitrogen and oxygen atoms in total. The van der Waals surface area contributed by atoms with E-state index in [0.717, 1.165) is 0 Å². The molecule has 1 aromatic rings. The number of nitrogens with one attached hydrogen (secondary N) is 1. The van der Waals surface area contributed by atoms with Crippen LogP contribution in [0.2, 0.25) is 0 Å². The highest BCUT2D eigenvalue weighted by Crippen LogP contribution is 2.34. The number of carbonyl (C=O) groups excluding carboxylic acids is 1. The summed E-state index contributed by atoms with van der Waals surface area (Å²) in [6.45, 7) is 0. The number of esters is 1. The molecule has 0 saturated carbocycles. The summed E-state index contributed by atoms with van der Waals surface area (Å²) in [5.41, 5.74) is 6.50. The van der Waals surface area contributed by atoms with Gasteiger partial charge < -0.3 is 10.5 Å². The van der Waals surface area contributed by atoms with Crippen molar-refractivity contribution in [1.29, 1.82) is 0 Å². The zero-order chi connectivity index (χ0) is 15.3. The maximum Gasteiger partial charge on any atom is 0.305 e. The average Bonchev–Trinajstić information content (AvgIpc) is 2.33. The van der Waals surface area contributed by atoms with Crippen molar-refractivity contribution in [3.8, 4) is 0 Å². The van der Waals surface area contributed by atoms with E-state index in [9.17, 15) is 13.2 Å². The van der Waals surface area contributed by atoms with Crippen molar-refractivity contribution in [2.45, 2.75) is 12.8 Å². The molecule has 0 aliphatic heterocycles. The standard InChI is InChI=1S/C11H14Br2N2O4S/c1-19-10(16)3-2-4-20(17,18)15-11-8(12)5-7(14)6-9(11)13/h5-6,15H,2-4,14H2,1H3. The fourth-order valence-electron chi connectivity index (χ4n) is 1.41. The minimum Gasteiger partial charge on any atom is -0.469 e. The smallest absolute Gasteiger partial charge is 0.305 e. The second-order valence-electron chi connectivity index (χ2n) is 3.96. The van der Waals surface area contributed by atoms with Gasteiger partial charge in [0.2, 0.25) is 10.0 Å². The summed E-state index contributed by atoms with van der Waals surface area (Å²) in [4.78, 5) is 10.9. The first-order valence-electron chi connectivity index (χ1n) is 5.57. The largest absolute Gasteiger partial charge is 0.469 e. The molecule has 112 valence electrons. The predicted molar refractivity (Wildman–Crippen MR) is 84.9 cm³/mol. The summed E-state index contributed by atoms with van der Waals surface area (Å²) >= 11 is 6.48. The molecule has 20 heavy (non-hydrogen) atoms. The summed E-state index contributed by atoms with van der Waals surface area (Å²) in [6.07, 6.45) is 0.244. The molecule has 0 saturated heterocycles. The third-order valence-corrected chi connectivity index (χ3v) is 4.94. The van der Waals surface area contributed by atoms with Gasteiger partial charge in [0.1, 0.15) is 0 Å². The third kappa shape index (κ3) is 5.29. The monoisotopic (exact) mass is 428 g/mol. The van der Waals surface area contributed by atoms with Crippen LogP contribution in [0.4, 0.5) is 11.4 Å². The number of hydrogen-bond acceptors (Lipinski definition) is 5. The van der Waals surface area contributed by atoms with Crippen LogP contribution < -0.4 is 10.5 Å². The second kappa shape index (κ2) is 7.28. The van der Waals surface area contributed by atoms with Crippen LogP contribution in [0.25, 0.3) is 0 Å². The van der Waals surface area contributed by atoms with Crippen LogP contribution >= 0.6 is 31.9 Å². The fraction of sp³-hybridized carbons (Fsp3) is 0.364. The molecule has 3 N–H and O–H groups in total. The maximum absolute atomic E-state index is 11.9. The maximum atomic E-state index is 11.9. The lowest BCUT2D eigenvalue weighted by Crippen LogP contribution is -2.18. The van der Waals surface area contributed by atoms with Crippen LogP contribution in [0.3, 0.4) is 0 Å². The molecule has 0 aliphatic carbocycles. The van der Waals surface area contributed by atoms with Crippen LogP contribution in [0.1, 0.15) is 12.8 Å². The van der Waals surface area contributed by atoms with Crippen LogP contribution in [0, 0.1) is 0 Å². The summed E-state index contributed by atoms with van der Waals surface area (Å²) < 4.78 is 31.8. The minimum atomic E-state index is -3.55. The summed E-state index contributed by atoms with van der Waals surface area (Å²) in [7, 11) is -2.29. The molecule has 0 spiro atoms. The Balaban J connectivity index is 2.74. The zero-order valence-corrected chi connectivity index (χ0v) is 14.6. The Morgan fingerprint density at radius 1 is 1.35 bits per heavy atom. The van der Waals surface area contributed by atoms with E-state index in [1.54, 1.807) is 12.1 Å². The van der Waals surface area contributed by atoms with Crippen molar-refractivity contribution in [3.63, 3.8) is 0 Å². The highest BCUT2D eigenvalue weighted by Gasteiger charge is 2.16. The summed E-state index contributed by atoms with van der Waals surface area (Å²) in [6, 6.07) is 3.19. The molecule has 0 unspecified atom stereocenters. The molecular weight excluding hydrogens is 416 g/mol. The van der Waals surface area contributed by atoms with Crippen molar-refractivity contribution in [2.24, 2.45) is 0 Å². The van der Waals surface area contributed by atoms with Crippen molar-refractivity contribution < 1.29 is 17.9 Å². The first kappa shape index (κ1) is 17.3. The fourth-order valence-corrected chi connectivity index (χ4v) is 4.25. The molecule has 0 radical (unpaired) electrons. The number of methoxy groups -OCH3 is 1. The topological polar surface area (TPSA) is 98.5 Å². The highest BCUT2D eigenvalue weighted by molar-refractivity contribution is 9.11. The van der Waals surface area contributed by atoms with Gasteiger partial charge in [0.15, 0.2) is 0 Å².